The van der Waals surface area contributed by atoms with Crippen LogP contribution in [0.15, 0.2) is 24.3 Å². The average molecular weight is 260 g/mol. The number of benzene rings is 1. The molecule has 1 heterocycles. The van der Waals surface area contributed by atoms with Gasteiger partial charge in [-0.2, -0.15) is 0 Å². The Labute approximate surface area is 115 Å². The molecule has 1 amide bonds. The molecule has 2 rings (SSSR count). The van der Waals surface area contributed by atoms with Gasteiger partial charge >= 0.3 is 0 Å². The molecule has 1 fully saturated rings. The maximum absolute atomic E-state index is 12.2. The SMILES string of the molecule is Cc1ccc(CC2CCCN2C(=O)CC(C)N)cc1. The second-order valence-electron chi connectivity index (χ2n) is 5.75. The van der Waals surface area contributed by atoms with Gasteiger partial charge in [-0.05, 0) is 38.7 Å². The van der Waals surface area contributed by atoms with Crippen LogP contribution < -0.4 is 5.73 Å². The van der Waals surface area contributed by atoms with Crippen LogP contribution in [0.4, 0.5) is 0 Å². The van der Waals surface area contributed by atoms with Gasteiger partial charge in [-0.15, -0.1) is 0 Å². The first-order chi connectivity index (χ1) is 9.06. The molecule has 2 N–H and O–H groups in total. The lowest BCUT2D eigenvalue weighted by Crippen LogP contribution is -2.39. The zero-order valence-electron chi connectivity index (χ0n) is 11.9. The van der Waals surface area contributed by atoms with Crippen molar-refractivity contribution in [3.63, 3.8) is 0 Å². The lowest BCUT2D eigenvalue weighted by Gasteiger charge is -2.25. The van der Waals surface area contributed by atoms with Gasteiger partial charge in [0.15, 0.2) is 0 Å². The van der Waals surface area contributed by atoms with E-state index >= 15 is 0 Å². The van der Waals surface area contributed by atoms with E-state index in [0.717, 1.165) is 25.8 Å². The van der Waals surface area contributed by atoms with E-state index in [-0.39, 0.29) is 11.9 Å². The van der Waals surface area contributed by atoms with E-state index in [1.54, 1.807) is 0 Å². The molecule has 0 spiro atoms. The van der Waals surface area contributed by atoms with Crippen LogP contribution in [0.1, 0.15) is 37.3 Å². The summed E-state index contributed by atoms with van der Waals surface area (Å²) in [7, 11) is 0. The van der Waals surface area contributed by atoms with Crippen LogP contribution in [-0.4, -0.2) is 29.4 Å². The number of hydrogen-bond donors (Lipinski definition) is 1. The van der Waals surface area contributed by atoms with Crippen molar-refractivity contribution in [2.75, 3.05) is 6.54 Å². The smallest absolute Gasteiger partial charge is 0.224 e. The molecular weight excluding hydrogens is 236 g/mol. The first-order valence-corrected chi connectivity index (χ1v) is 7.17. The number of aryl methyl sites for hydroxylation is 1. The van der Waals surface area contributed by atoms with Crippen LogP contribution in [0, 0.1) is 6.92 Å². The zero-order valence-corrected chi connectivity index (χ0v) is 11.9. The van der Waals surface area contributed by atoms with Gasteiger partial charge in [0, 0.05) is 25.0 Å². The summed E-state index contributed by atoms with van der Waals surface area (Å²) in [6, 6.07) is 8.92. The molecule has 0 aromatic heterocycles. The molecule has 0 saturated carbocycles. The van der Waals surface area contributed by atoms with Gasteiger partial charge in [0.1, 0.15) is 0 Å². The fraction of sp³-hybridized carbons (Fsp3) is 0.562. The molecule has 2 atom stereocenters. The summed E-state index contributed by atoms with van der Waals surface area (Å²) in [5.41, 5.74) is 8.32. The maximum Gasteiger partial charge on any atom is 0.224 e. The largest absolute Gasteiger partial charge is 0.339 e. The van der Waals surface area contributed by atoms with Gasteiger partial charge < -0.3 is 10.6 Å². The first kappa shape index (κ1) is 14.1. The van der Waals surface area contributed by atoms with Gasteiger partial charge in [-0.25, -0.2) is 0 Å². The summed E-state index contributed by atoms with van der Waals surface area (Å²) in [4.78, 5) is 14.2. The molecule has 1 aliphatic heterocycles. The number of nitrogens with two attached hydrogens (primary N) is 1. The number of hydrogen-bond acceptors (Lipinski definition) is 2. The molecule has 0 bridgehead atoms. The van der Waals surface area contributed by atoms with Gasteiger partial charge in [-0.3, -0.25) is 4.79 Å². The molecule has 3 heteroatoms. The number of amides is 1. The predicted octanol–water partition coefficient (Wildman–Crippen LogP) is 2.27. The minimum atomic E-state index is -0.0480. The fourth-order valence-electron chi connectivity index (χ4n) is 2.77. The van der Waals surface area contributed by atoms with Crippen molar-refractivity contribution in [2.45, 2.75) is 51.6 Å². The van der Waals surface area contributed by atoms with Crippen LogP contribution in [0.3, 0.4) is 0 Å². The van der Waals surface area contributed by atoms with Gasteiger partial charge in [0.2, 0.25) is 5.91 Å². The third kappa shape index (κ3) is 3.80. The molecule has 0 aliphatic carbocycles. The Morgan fingerprint density at radius 2 is 2.11 bits per heavy atom. The van der Waals surface area contributed by atoms with Crippen molar-refractivity contribution >= 4 is 5.91 Å². The molecule has 104 valence electrons. The molecular formula is C16H24N2O. The second kappa shape index (κ2) is 6.20. The molecule has 0 radical (unpaired) electrons. The Morgan fingerprint density at radius 3 is 2.74 bits per heavy atom. The molecule has 3 nitrogen and oxygen atoms in total. The highest BCUT2D eigenvalue weighted by molar-refractivity contribution is 5.77. The number of rotatable bonds is 4. The maximum atomic E-state index is 12.2. The summed E-state index contributed by atoms with van der Waals surface area (Å²) in [5, 5.41) is 0. The molecule has 1 saturated heterocycles. The van der Waals surface area contributed by atoms with Crippen molar-refractivity contribution in [3.05, 3.63) is 35.4 Å². The van der Waals surface area contributed by atoms with Crippen LogP contribution in [0.25, 0.3) is 0 Å². The normalized spacial score (nSPS) is 20.6. The minimum absolute atomic E-state index is 0.0480. The van der Waals surface area contributed by atoms with Gasteiger partial charge in [0.25, 0.3) is 0 Å². The summed E-state index contributed by atoms with van der Waals surface area (Å²) < 4.78 is 0. The highest BCUT2D eigenvalue weighted by Gasteiger charge is 2.28. The topological polar surface area (TPSA) is 46.3 Å². The van der Waals surface area contributed by atoms with Crippen LogP contribution in [-0.2, 0) is 11.2 Å². The van der Waals surface area contributed by atoms with E-state index in [2.05, 4.69) is 31.2 Å². The third-order valence-electron chi connectivity index (χ3n) is 3.79. The second-order valence-corrected chi connectivity index (χ2v) is 5.75. The van der Waals surface area contributed by atoms with Crippen molar-refractivity contribution in [3.8, 4) is 0 Å². The summed E-state index contributed by atoms with van der Waals surface area (Å²) in [5.74, 6) is 0.213. The molecule has 1 aliphatic rings. The monoisotopic (exact) mass is 260 g/mol. The van der Waals surface area contributed by atoms with Crippen LogP contribution >= 0.6 is 0 Å². The van der Waals surface area contributed by atoms with Gasteiger partial charge in [0.05, 0.1) is 0 Å². The number of nitrogens with zero attached hydrogens (tertiary/aromatic N) is 1. The number of carbonyl (C=O) groups is 1. The number of likely N-dealkylation sites (tertiary alicyclic amines) is 1. The molecule has 19 heavy (non-hydrogen) atoms. The average Bonchev–Trinajstić information content (AvgIpc) is 2.79. The van der Waals surface area contributed by atoms with Crippen molar-refractivity contribution in [2.24, 2.45) is 5.73 Å². The Balaban J connectivity index is 1.98. The lowest BCUT2D eigenvalue weighted by molar-refractivity contribution is -0.132. The lowest BCUT2D eigenvalue weighted by atomic mass is 10.0. The highest BCUT2D eigenvalue weighted by Crippen LogP contribution is 2.22. The quantitative estimate of drug-likeness (QED) is 0.902. The Kier molecular flexibility index (Phi) is 4.59. The van der Waals surface area contributed by atoms with Crippen LogP contribution in [0.5, 0.6) is 0 Å². The summed E-state index contributed by atoms with van der Waals surface area (Å²) >= 11 is 0. The predicted molar refractivity (Wildman–Crippen MR) is 77.9 cm³/mol. The molecule has 1 aromatic carbocycles. The van der Waals surface area contributed by atoms with E-state index in [1.807, 2.05) is 11.8 Å². The van der Waals surface area contributed by atoms with E-state index in [0.29, 0.717) is 12.5 Å². The number of carbonyl (C=O) groups excluding carboxylic acids is 1. The van der Waals surface area contributed by atoms with Crippen LogP contribution in [0.2, 0.25) is 0 Å². The Bertz CT molecular complexity index is 425. The third-order valence-corrected chi connectivity index (χ3v) is 3.79. The highest BCUT2D eigenvalue weighted by atomic mass is 16.2. The summed E-state index contributed by atoms with van der Waals surface area (Å²) in [6.07, 6.45) is 3.65. The molecule has 2 unspecified atom stereocenters. The van der Waals surface area contributed by atoms with Crippen molar-refractivity contribution in [1.82, 2.24) is 4.90 Å². The Morgan fingerprint density at radius 1 is 1.42 bits per heavy atom. The molecule has 1 aromatic rings. The zero-order chi connectivity index (χ0) is 13.8. The standard InChI is InChI=1S/C16H24N2O/c1-12-5-7-14(8-6-12)11-15-4-3-9-18(15)16(19)10-13(2)17/h5-8,13,15H,3-4,9-11,17H2,1-2H3. The van der Waals surface area contributed by atoms with E-state index in [9.17, 15) is 4.79 Å². The minimum Gasteiger partial charge on any atom is -0.339 e. The first-order valence-electron chi connectivity index (χ1n) is 7.17. The van der Waals surface area contributed by atoms with Crippen molar-refractivity contribution in [1.29, 1.82) is 0 Å². The Hall–Kier alpha value is -1.35. The van der Waals surface area contributed by atoms with E-state index < -0.39 is 0 Å². The summed E-state index contributed by atoms with van der Waals surface area (Å²) in [6.45, 7) is 4.88. The van der Waals surface area contributed by atoms with Gasteiger partial charge in [-0.1, -0.05) is 29.8 Å². The van der Waals surface area contributed by atoms with E-state index in [1.165, 1.54) is 11.1 Å². The fourth-order valence-corrected chi connectivity index (χ4v) is 2.77. The van der Waals surface area contributed by atoms with Crippen molar-refractivity contribution < 1.29 is 4.79 Å². The van der Waals surface area contributed by atoms with E-state index in [4.69, 9.17) is 5.73 Å².